The van der Waals surface area contributed by atoms with Gasteiger partial charge >= 0.3 is 0 Å². The number of benzene rings is 2. The molecule has 0 N–H and O–H groups in total. The van der Waals surface area contributed by atoms with Gasteiger partial charge in [-0.25, -0.2) is 8.78 Å². The van der Waals surface area contributed by atoms with E-state index in [1.807, 2.05) is 18.2 Å². The number of likely N-dealkylation sites (tertiary alicyclic amines) is 1. The molecular formula is C19H21F2NO. The standard InChI is InChI=1S/C19H21F2NO/c20-18-8-4-7-16(19(18)21)13-22-11-9-17(10-12-22)23-14-15-5-2-1-3-6-15/h1-8,17H,9-14H2. The van der Waals surface area contributed by atoms with E-state index in [-0.39, 0.29) is 6.10 Å². The van der Waals surface area contributed by atoms with Gasteiger partial charge in [-0.2, -0.15) is 0 Å². The van der Waals surface area contributed by atoms with Crippen LogP contribution in [0.4, 0.5) is 8.78 Å². The highest BCUT2D eigenvalue weighted by Gasteiger charge is 2.21. The molecule has 1 aliphatic heterocycles. The molecule has 2 nitrogen and oxygen atoms in total. The maximum absolute atomic E-state index is 13.7. The third-order valence-electron chi connectivity index (χ3n) is 4.29. The molecule has 0 saturated carbocycles. The lowest BCUT2D eigenvalue weighted by Gasteiger charge is -2.32. The molecule has 1 fully saturated rings. The zero-order chi connectivity index (χ0) is 16.1. The van der Waals surface area contributed by atoms with Gasteiger partial charge in [0.1, 0.15) is 0 Å². The number of rotatable bonds is 5. The van der Waals surface area contributed by atoms with Crippen molar-refractivity contribution in [3.63, 3.8) is 0 Å². The number of halogens is 2. The summed E-state index contributed by atoms with van der Waals surface area (Å²) in [5.74, 6) is -1.50. The van der Waals surface area contributed by atoms with Crippen LogP contribution in [-0.2, 0) is 17.9 Å². The van der Waals surface area contributed by atoms with Gasteiger partial charge in [-0.1, -0.05) is 42.5 Å². The normalized spacial score (nSPS) is 16.6. The third kappa shape index (κ3) is 4.36. The Morgan fingerprint density at radius 2 is 1.70 bits per heavy atom. The maximum atomic E-state index is 13.7. The Hall–Kier alpha value is -1.78. The predicted octanol–water partition coefficient (Wildman–Crippen LogP) is 4.15. The summed E-state index contributed by atoms with van der Waals surface area (Å²) in [5, 5.41) is 0. The van der Waals surface area contributed by atoms with E-state index in [4.69, 9.17) is 4.74 Å². The number of nitrogens with zero attached hydrogens (tertiary/aromatic N) is 1. The molecule has 4 heteroatoms. The van der Waals surface area contributed by atoms with Gasteiger partial charge in [0.2, 0.25) is 0 Å². The molecule has 0 unspecified atom stereocenters. The first-order valence-electron chi connectivity index (χ1n) is 8.03. The van der Waals surface area contributed by atoms with Gasteiger partial charge < -0.3 is 4.74 Å². The van der Waals surface area contributed by atoms with Crippen LogP contribution in [-0.4, -0.2) is 24.1 Å². The highest BCUT2D eigenvalue weighted by atomic mass is 19.2. The molecule has 0 bridgehead atoms. The number of hydrogen-bond acceptors (Lipinski definition) is 2. The SMILES string of the molecule is Fc1cccc(CN2CCC(OCc3ccccc3)CC2)c1F. The summed E-state index contributed by atoms with van der Waals surface area (Å²) in [6, 6.07) is 14.5. The van der Waals surface area contributed by atoms with Crippen molar-refractivity contribution in [2.75, 3.05) is 13.1 Å². The molecule has 1 heterocycles. The Kier molecular flexibility index (Phi) is 5.36. The van der Waals surface area contributed by atoms with Crippen molar-refractivity contribution in [3.8, 4) is 0 Å². The van der Waals surface area contributed by atoms with Crippen LogP contribution < -0.4 is 0 Å². The van der Waals surface area contributed by atoms with Gasteiger partial charge in [0, 0.05) is 25.2 Å². The minimum atomic E-state index is -0.774. The highest BCUT2D eigenvalue weighted by molar-refractivity contribution is 5.19. The Morgan fingerprint density at radius 3 is 2.43 bits per heavy atom. The predicted molar refractivity (Wildman–Crippen MR) is 85.9 cm³/mol. The lowest BCUT2D eigenvalue weighted by molar-refractivity contribution is -0.00412. The van der Waals surface area contributed by atoms with Crippen molar-refractivity contribution < 1.29 is 13.5 Å². The van der Waals surface area contributed by atoms with Crippen molar-refractivity contribution in [1.29, 1.82) is 0 Å². The monoisotopic (exact) mass is 317 g/mol. The molecule has 3 rings (SSSR count). The van der Waals surface area contributed by atoms with Crippen LogP contribution in [0.25, 0.3) is 0 Å². The molecule has 0 spiro atoms. The number of hydrogen-bond donors (Lipinski definition) is 0. The highest BCUT2D eigenvalue weighted by Crippen LogP contribution is 2.19. The molecule has 2 aromatic rings. The average molecular weight is 317 g/mol. The summed E-state index contributed by atoms with van der Waals surface area (Å²) in [6.45, 7) is 2.77. The lowest BCUT2D eigenvalue weighted by atomic mass is 10.1. The van der Waals surface area contributed by atoms with E-state index in [1.165, 1.54) is 5.56 Å². The molecule has 1 aliphatic rings. The van der Waals surface area contributed by atoms with Crippen LogP contribution in [0.2, 0.25) is 0 Å². The fraction of sp³-hybridized carbons (Fsp3) is 0.368. The molecule has 0 atom stereocenters. The van der Waals surface area contributed by atoms with E-state index in [0.717, 1.165) is 32.0 Å². The fourth-order valence-electron chi connectivity index (χ4n) is 2.93. The molecule has 0 aliphatic carbocycles. The van der Waals surface area contributed by atoms with Gasteiger partial charge in [0.05, 0.1) is 12.7 Å². The van der Waals surface area contributed by atoms with E-state index < -0.39 is 11.6 Å². The van der Waals surface area contributed by atoms with Crippen molar-refractivity contribution in [2.24, 2.45) is 0 Å². The quantitative estimate of drug-likeness (QED) is 0.821. The summed E-state index contributed by atoms with van der Waals surface area (Å²) in [7, 11) is 0. The molecule has 1 saturated heterocycles. The van der Waals surface area contributed by atoms with Gasteiger partial charge in [0.15, 0.2) is 11.6 Å². The average Bonchev–Trinajstić information content (AvgIpc) is 2.59. The molecule has 0 amide bonds. The van der Waals surface area contributed by atoms with Crippen molar-refractivity contribution in [2.45, 2.75) is 32.1 Å². The van der Waals surface area contributed by atoms with Crippen molar-refractivity contribution in [1.82, 2.24) is 4.90 Å². The topological polar surface area (TPSA) is 12.5 Å². The number of ether oxygens (including phenoxy) is 1. The molecule has 0 radical (unpaired) electrons. The van der Waals surface area contributed by atoms with Crippen LogP contribution in [0.15, 0.2) is 48.5 Å². The fourth-order valence-corrected chi connectivity index (χ4v) is 2.93. The van der Waals surface area contributed by atoms with Crippen LogP contribution >= 0.6 is 0 Å². The van der Waals surface area contributed by atoms with Crippen LogP contribution in [0.1, 0.15) is 24.0 Å². The first-order valence-corrected chi connectivity index (χ1v) is 8.03. The second-order valence-corrected chi connectivity index (χ2v) is 5.99. The Morgan fingerprint density at radius 1 is 0.957 bits per heavy atom. The van der Waals surface area contributed by atoms with Gasteiger partial charge in [-0.05, 0) is 24.5 Å². The smallest absolute Gasteiger partial charge is 0.163 e. The molecule has 122 valence electrons. The summed E-state index contributed by atoms with van der Waals surface area (Å²) in [6.07, 6.45) is 2.08. The first kappa shape index (κ1) is 16.1. The minimum absolute atomic E-state index is 0.240. The summed E-state index contributed by atoms with van der Waals surface area (Å²) < 4.78 is 32.9. The van der Waals surface area contributed by atoms with E-state index in [9.17, 15) is 8.78 Å². The van der Waals surface area contributed by atoms with E-state index in [0.29, 0.717) is 18.7 Å². The zero-order valence-corrected chi connectivity index (χ0v) is 13.1. The van der Waals surface area contributed by atoms with Crippen LogP contribution in [0.5, 0.6) is 0 Å². The van der Waals surface area contributed by atoms with Crippen LogP contribution in [0, 0.1) is 11.6 Å². The number of piperidine rings is 1. The maximum Gasteiger partial charge on any atom is 0.163 e. The van der Waals surface area contributed by atoms with E-state index in [2.05, 4.69) is 17.0 Å². The third-order valence-corrected chi connectivity index (χ3v) is 4.29. The largest absolute Gasteiger partial charge is 0.373 e. The Bertz CT molecular complexity index is 625. The summed E-state index contributed by atoms with van der Waals surface area (Å²) >= 11 is 0. The molecular weight excluding hydrogens is 296 g/mol. The first-order chi connectivity index (χ1) is 11.2. The van der Waals surface area contributed by atoms with E-state index >= 15 is 0 Å². The second kappa shape index (κ2) is 7.66. The molecule has 23 heavy (non-hydrogen) atoms. The summed E-state index contributed by atoms with van der Waals surface area (Å²) in [5.41, 5.74) is 1.60. The van der Waals surface area contributed by atoms with Crippen LogP contribution in [0.3, 0.4) is 0 Å². The second-order valence-electron chi connectivity index (χ2n) is 5.99. The van der Waals surface area contributed by atoms with Gasteiger partial charge in [-0.15, -0.1) is 0 Å². The zero-order valence-electron chi connectivity index (χ0n) is 13.1. The van der Waals surface area contributed by atoms with Gasteiger partial charge in [0.25, 0.3) is 0 Å². The van der Waals surface area contributed by atoms with Crippen molar-refractivity contribution in [3.05, 3.63) is 71.3 Å². The molecule has 2 aromatic carbocycles. The Balaban J connectivity index is 1.46. The van der Waals surface area contributed by atoms with E-state index in [1.54, 1.807) is 12.1 Å². The Labute approximate surface area is 135 Å². The van der Waals surface area contributed by atoms with Gasteiger partial charge in [-0.3, -0.25) is 4.90 Å². The molecule has 0 aromatic heterocycles. The summed E-state index contributed by atoms with van der Waals surface area (Å²) in [4.78, 5) is 2.15. The lowest BCUT2D eigenvalue weighted by Crippen LogP contribution is -2.36. The van der Waals surface area contributed by atoms with Crippen molar-refractivity contribution >= 4 is 0 Å². The minimum Gasteiger partial charge on any atom is -0.373 e.